The Labute approximate surface area is 294 Å². The Balaban J connectivity index is 1.72. The highest BCUT2D eigenvalue weighted by molar-refractivity contribution is 6.05. The lowest BCUT2D eigenvalue weighted by atomic mass is 10.0. The number of anilines is 2. The van der Waals surface area contributed by atoms with Crippen molar-refractivity contribution in [2.24, 2.45) is 0 Å². The molecule has 0 fully saturated rings. The number of carbonyl (C=O) groups is 2. The van der Waals surface area contributed by atoms with Crippen molar-refractivity contribution in [3.63, 3.8) is 0 Å². The minimum absolute atomic E-state index is 0.0191. The van der Waals surface area contributed by atoms with Crippen molar-refractivity contribution in [2.75, 3.05) is 10.6 Å². The van der Waals surface area contributed by atoms with Gasteiger partial charge in [-0.15, -0.1) is 0 Å². The van der Waals surface area contributed by atoms with E-state index in [2.05, 4.69) is 24.5 Å². The standard InChI is InChI=1S/C43H70N2O3/c1-3-5-7-9-11-13-15-16-17-18-19-21-23-25-27-29-42(47)44-40-35-37(28-26-24-22-20-14-12-10-8-6-4-2)34-38(36-40)43(48)45-39-30-32-41(46)33-31-39/h30-36,46H,3-29H2,1-2H3,(H,44,47)(H,45,48). The normalized spacial score (nSPS) is 11.1. The molecule has 5 heteroatoms. The van der Waals surface area contributed by atoms with Crippen LogP contribution in [0.3, 0.4) is 0 Å². The van der Waals surface area contributed by atoms with Crippen LogP contribution < -0.4 is 10.6 Å². The molecule has 2 rings (SSSR count). The summed E-state index contributed by atoms with van der Waals surface area (Å²) >= 11 is 0. The van der Waals surface area contributed by atoms with Gasteiger partial charge >= 0.3 is 0 Å². The molecular weight excluding hydrogens is 592 g/mol. The van der Waals surface area contributed by atoms with Crippen LogP contribution in [0.25, 0.3) is 0 Å². The second kappa shape index (κ2) is 28.1. The van der Waals surface area contributed by atoms with Gasteiger partial charge < -0.3 is 15.7 Å². The number of amides is 2. The summed E-state index contributed by atoms with van der Waals surface area (Å²) in [6.45, 7) is 4.54. The lowest BCUT2D eigenvalue weighted by Gasteiger charge is -2.12. The Morgan fingerprint density at radius 3 is 1.42 bits per heavy atom. The highest BCUT2D eigenvalue weighted by Gasteiger charge is 2.12. The molecule has 0 bridgehead atoms. The molecule has 0 aliphatic carbocycles. The molecule has 5 nitrogen and oxygen atoms in total. The molecule has 0 aliphatic heterocycles. The van der Waals surface area contributed by atoms with Gasteiger partial charge in [-0.1, -0.05) is 162 Å². The number of unbranched alkanes of at least 4 members (excludes halogenated alkanes) is 23. The second-order valence-electron chi connectivity index (χ2n) is 14.1. The van der Waals surface area contributed by atoms with Gasteiger partial charge in [-0.25, -0.2) is 0 Å². The van der Waals surface area contributed by atoms with Crippen LogP contribution in [0.1, 0.15) is 197 Å². The minimum atomic E-state index is -0.219. The maximum atomic E-state index is 13.2. The molecule has 0 heterocycles. The molecule has 2 aromatic rings. The molecule has 0 unspecified atom stereocenters. The van der Waals surface area contributed by atoms with Gasteiger partial charge in [0.15, 0.2) is 0 Å². The van der Waals surface area contributed by atoms with Gasteiger partial charge in [-0.3, -0.25) is 9.59 Å². The molecule has 0 aliphatic rings. The van der Waals surface area contributed by atoms with Gasteiger partial charge in [0.25, 0.3) is 5.91 Å². The number of phenolic OH excluding ortho intramolecular Hbond substituents is 1. The van der Waals surface area contributed by atoms with Crippen LogP contribution in [0.15, 0.2) is 42.5 Å². The Hall–Kier alpha value is -2.82. The van der Waals surface area contributed by atoms with Crippen molar-refractivity contribution in [1.82, 2.24) is 0 Å². The minimum Gasteiger partial charge on any atom is -0.508 e. The SMILES string of the molecule is CCCCCCCCCCCCCCCCCC(=O)Nc1cc(CCCCCCCCCCCC)cc(C(=O)Nc2ccc(O)cc2)c1. The Morgan fingerprint density at radius 2 is 0.938 bits per heavy atom. The number of nitrogens with one attached hydrogen (secondary N) is 2. The van der Waals surface area contributed by atoms with Gasteiger partial charge in [0, 0.05) is 23.4 Å². The van der Waals surface area contributed by atoms with Crippen LogP contribution in [0, 0.1) is 0 Å². The van der Waals surface area contributed by atoms with Crippen LogP contribution in [0.2, 0.25) is 0 Å². The van der Waals surface area contributed by atoms with Crippen LogP contribution in [0.4, 0.5) is 11.4 Å². The third-order valence-electron chi connectivity index (χ3n) is 9.49. The fourth-order valence-corrected chi connectivity index (χ4v) is 6.48. The molecule has 48 heavy (non-hydrogen) atoms. The zero-order chi connectivity index (χ0) is 34.5. The first kappa shape index (κ1) is 41.4. The Bertz CT molecular complexity index is 1100. The molecule has 2 aromatic carbocycles. The molecule has 0 saturated heterocycles. The smallest absolute Gasteiger partial charge is 0.255 e. The zero-order valence-corrected chi connectivity index (χ0v) is 30.9. The topological polar surface area (TPSA) is 78.4 Å². The van der Waals surface area contributed by atoms with Gasteiger partial charge in [0.1, 0.15) is 5.75 Å². The summed E-state index contributed by atoms with van der Waals surface area (Å²) in [6, 6.07) is 12.2. The van der Waals surface area contributed by atoms with Crippen LogP contribution >= 0.6 is 0 Å². The molecule has 0 aromatic heterocycles. The molecule has 0 saturated carbocycles. The van der Waals surface area contributed by atoms with Gasteiger partial charge in [0.2, 0.25) is 5.91 Å². The highest BCUT2D eigenvalue weighted by Crippen LogP contribution is 2.22. The van der Waals surface area contributed by atoms with E-state index < -0.39 is 0 Å². The van der Waals surface area contributed by atoms with Crippen LogP contribution in [-0.4, -0.2) is 16.9 Å². The maximum absolute atomic E-state index is 13.2. The number of benzene rings is 2. The van der Waals surface area contributed by atoms with Crippen molar-refractivity contribution in [2.45, 2.75) is 187 Å². The van der Waals surface area contributed by atoms with Crippen LogP contribution in [-0.2, 0) is 11.2 Å². The summed E-state index contributed by atoms with van der Waals surface area (Å²) in [7, 11) is 0. The van der Waals surface area contributed by atoms with E-state index in [0.29, 0.717) is 23.4 Å². The van der Waals surface area contributed by atoms with Crippen molar-refractivity contribution < 1.29 is 14.7 Å². The fraction of sp³-hybridized carbons (Fsp3) is 0.674. The summed E-state index contributed by atoms with van der Waals surface area (Å²) in [4.78, 5) is 26.0. The highest BCUT2D eigenvalue weighted by atomic mass is 16.3. The summed E-state index contributed by atoms with van der Waals surface area (Å²) in [5, 5.41) is 15.6. The first-order valence-electron chi connectivity index (χ1n) is 20.1. The summed E-state index contributed by atoms with van der Waals surface area (Å²) in [6.07, 6.45) is 33.9. The van der Waals surface area contributed by atoms with Crippen molar-refractivity contribution in [1.29, 1.82) is 0 Å². The van der Waals surface area contributed by atoms with E-state index in [1.165, 1.54) is 141 Å². The zero-order valence-electron chi connectivity index (χ0n) is 30.9. The number of rotatable bonds is 30. The molecular formula is C43H70N2O3. The van der Waals surface area contributed by atoms with E-state index in [1.807, 2.05) is 12.1 Å². The van der Waals surface area contributed by atoms with E-state index >= 15 is 0 Å². The number of hydrogen-bond donors (Lipinski definition) is 3. The molecule has 2 amide bonds. The number of hydrogen-bond acceptors (Lipinski definition) is 3. The number of aromatic hydroxyl groups is 1. The van der Waals surface area contributed by atoms with E-state index in [9.17, 15) is 14.7 Å². The molecule has 0 radical (unpaired) electrons. The summed E-state index contributed by atoms with van der Waals surface area (Å²) in [5.41, 5.74) is 2.93. The van der Waals surface area contributed by atoms with Crippen molar-refractivity contribution in [3.8, 4) is 5.75 Å². The molecule has 0 atom stereocenters. The van der Waals surface area contributed by atoms with E-state index in [1.54, 1.807) is 30.3 Å². The second-order valence-corrected chi connectivity index (χ2v) is 14.1. The fourth-order valence-electron chi connectivity index (χ4n) is 6.48. The largest absolute Gasteiger partial charge is 0.508 e. The maximum Gasteiger partial charge on any atom is 0.255 e. The molecule has 3 N–H and O–H groups in total. The lowest BCUT2D eigenvalue weighted by Crippen LogP contribution is -2.15. The Morgan fingerprint density at radius 1 is 0.500 bits per heavy atom. The third kappa shape index (κ3) is 21.2. The van der Waals surface area contributed by atoms with E-state index in [0.717, 1.165) is 31.2 Å². The van der Waals surface area contributed by atoms with E-state index in [4.69, 9.17) is 0 Å². The third-order valence-corrected chi connectivity index (χ3v) is 9.49. The average molecular weight is 663 g/mol. The lowest BCUT2D eigenvalue weighted by molar-refractivity contribution is -0.116. The van der Waals surface area contributed by atoms with Gasteiger partial charge in [0.05, 0.1) is 0 Å². The van der Waals surface area contributed by atoms with E-state index in [-0.39, 0.29) is 17.6 Å². The molecule has 270 valence electrons. The first-order chi connectivity index (χ1) is 23.5. The quantitative estimate of drug-likeness (QED) is 0.0575. The van der Waals surface area contributed by atoms with Gasteiger partial charge in [-0.2, -0.15) is 0 Å². The summed E-state index contributed by atoms with van der Waals surface area (Å²) in [5.74, 6) is -0.0419. The molecule has 0 spiro atoms. The average Bonchev–Trinajstić information content (AvgIpc) is 3.08. The number of phenols is 1. The van der Waals surface area contributed by atoms with Crippen molar-refractivity contribution >= 4 is 23.2 Å². The van der Waals surface area contributed by atoms with Gasteiger partial charge in [-0.05, 0) is 67.3 Å². The Kier molecular flexibility index (Phi) is 24.2. The van der Waals surface area contributed by atoms with Crippen molar-refractivity contribution in [3.05, 3.63) is 53.6 Å². The number of aryl methyl sites for hydroxylation is 1. The predicted molar refractivity (Wildman–Crippen MR) is 206 cm³/mol. The monoisotopic (exact) mass is 663 g/mol. The summed E-state index contributed by atoms with van der Waals surface area (Å²) < 4.78 is 0. The number of carbonyl (C=O) groups excluding carboxylic acids is 2. The first-order valence-corrected chi connectivity index (χ1v) is 20.1. The predicted octanol–water partition coefficient (Wildman–Crippen LogP) is 13.3. The van der Waals surface area contributed by atoms with Crippen LogP contribution in [0.5, 0.6) is 5.75 Å².